The molecule has 1 aromatic heterocycles. The van der Waals surface area contributed by atoms with E-state index in [1.807, 2.05) is 0 Å². The molecule has 0 spiro atoms. The highest BCUT2D eigenvalue weighted by atomic mass is 32.2. The minimum atomic E-state index is -4.46. The zero-order valence-electron chi connectivity index (χ0n) is 16.6. The third-order valence-electron chi connectivity index (χ3n) is 4.96. The van der Waals surface area contributed by atoms with E-state index in [2.05, 4.69) is 15.5 Å². The first-order valence-electron chi connectivity index (χ1n) is 9.46. The number of hydrogen-bond acceptors (Lipinski definition) is 6. The van der Waals surface area contributed by atoms with Gasteiger partial charge in [0.2, 0.25) is 15.9 Å². The summed E-state index contributed by atoms with van der Waals surface area (Å²) in [5, 5.41) is 9.75. The highest BCUT2D eigenvalue weighted by molar-refractivity contribution is 7.89. The number of rotatable bonds is 6. The molecular weight excluding hydrogens is 449 g/mol. The Balaban J connectivity index is 1.44. The van der Waals surface area contributed by atoms with E-state index in [4.69, 9.17) is 4.42 Å². The number of hydrogen-bond donors (Lipinski definition) is 1. The number of sulfonamides is 1. The Morgan fingerprint density at radius 2 is 1.69 bits per heavy atom. The van der Waals surface area contributed by atoms with Gasteiger partial charge < -0.3 is 4.42 Å². The molecule has 0 atom stereocenters. The number of carbonyl (C=O) groups is 1. The van der Waals surface area contributed by atoms with E-state index in [9.17, 15) is 26.4 Å². The van der Waals surface area contributed by atoms with Crippen LogP contribution in [0.1, 0.15) is 28.8 Å². The topological polar surface area (TPSA) is 105 Å². The molecule has 3 aromatic rings. The van der Waals surface area contributed by atoms with E-state index in [1.165, 1.54) is 47.8 Å². The fourth-order valence-corrected chi connectivity index (χ4v) is 4.36. The quantitative estimate of drug-likeness (QED) is 0.593. The van der Waals surface area contributed by atoms with Gasteiger partial charge in [-0.1, -0.05) is 5.10 Å². The fraction of sp³-hybridized carbons (Fsp3) is 0.250. The fourth-order valence-electron chi connectivity index (χ4n) is 2.94. The molecule has 1 amide bonds. The van der Waals surface area contributed by atoms with Gasteiger partial charge in [0.05, 0.1) is 10.5 Å². The van der Waals surface area contributed by atoms with E-state index in [0.717, 1.165) is 25.0 Å². The Hall–Kier alpha value is -3.25. The second kappa shape index (κ2) is 8.02. The molecule has 168 valence electrons. The molecule has 4 rings (SSSR count). The number of benzene rings is 2. The van der Waals surface area contributed by atoms with Crippen LogP contribution >= 0.6 is 0 Å². The van der Waals surface area contributed by atoms with Crippen LogP contribution in [0.2, 0.25) is 0 Å². The Bertz CT molecular complexity index is 1240. The monoisotopic (exact) mass is 466 g/mol. The molecule has 1 aliphatic carbocycles. The predicted molar refractivity (Wildman–Crippen MR) is 107 cm³/mol. The number of amides is 1. The lowest BCUT2D eigenvalue weighted by atomic mass is 10.1. The largest absolute Gasteiger partial charge is 0.416 e. The van der Waals surface area contributed by atoms with Gasteiger partial charge in [-0.15, -0.1) is 5.10 Å². The average Bonchev–Trinajstić information content (AvgIpc) is 3.51. The number of halogens is 3. The number of nitrogens with one attached hydrogen (secondary N) is 1. The van der Waals surface area contributed by atoms with E-state index < -0.39 is 27.7 Å². The van der Waals surface area contributed by atoms with Crippen molar-refractivity contribution in [2.75, 3.05) is 12.4 Å². The van der Waals surface area contributed by atoms with Crippen molar-refractivity contribution in [3.05, 3.63) is 59.7 Å². The van der Waals surface area contributed by atoms with Gasteiger partial charge in [-0.3, -0.25) is 10.1 Å². The summed E-state index contributed by atoms with van der Waals surface area (Å²) in [6.45, 7) is 0. The lowest BCUT2D eigenvalue weighted by Crippen LogP contribution is -2.29. The molecule has 0 radical (unpaired) electrons. The van der Waals surface area contributed by atoms with Crippen molar-refractivity contribution in [2.45, 2.75) is 30.0 Å². The van der Waals surface area contributed by atoms with Gasteiger partial charge in [-0.25, -0.2) is 8.42 Å². The zero-order valence-corrected chi connectivity index (χ0v) is 17.4. The van der Waals surface area contributed by atoms with Crippen molar-refractivity contribution >= 4 is 21.9 Å². The first-order valence-corrected chi connectivity index (χ1v) is 10.9. The third-order valence-corrected chi connectivity index (χ3v) is 6.88. The van der Waals surface area contributed by atoms with E-state index in [0.29, 0.717) is 0 Å². The van der Waals surface area contributed by atoms with Crippen molar-refractivity contribution < 1.29 is 30.8 Å². The van der Waals surface area contributed by atoms with Gasteiger partial charge >= 0.3 is 12.2 Å². The Morgan fingerprint density at radius 1 is 1.06 bits per heavy atom. The maximum Gasteiger partial charge on any atom is 0.416 e. The van der Waals surface area contributed by atoms with Gasteiger partial charge in [0.1, 0.15) is 0 Å². The lowest BCUT2D eigenvalue weighted by Gasteiger charge is -2.16. The molecule has 1 saturated carbocycles. The highest BCUT2D eigenvalue weighted by Gasteiger charge is 2.35. The van der Waals surface area contributed by atoms with Crippen LogP contribution in [-0.2, 0) is 16.2 Å². The molecule has 32 heavy (non-hydrogen) atoms. The molecule has 0 unspecified atom stereocenters. The van der Waals surface area contributed by atoms with Crippen LogP contribution in [0.5, 0.6) is 0 Å². The van der Waals surface area contributed by atoms with Crippen LogP contribution in [0, 0.1) is 0 Å². The summed E-state index contributed by atoms with van der Waals surface area (Å²) in [7, 11) is -2.10. The van der Waals surface area contributed by atoms with Crippen molar-refractivity contribution in [3.8, 4) is 11.5 Å². The van der Waals surface area contributed by atoms with Gasteiger partial charge in [-0.05, 0) is 61.4 Å². The minimum Gasteiger partial charge on any atom is -0.403 e. The van der Waals surface area contributed by atoms with Gasteiger partial charge in [0, 0.05) is 24.2 Å². The Kier molecular flexibility index (Phi) is 5.51. The molecule has 1 heterocycles. The van der Waals surface area contributed by atoms with Gasteiger partial charge in [0.15, 0.2) is 0 Å². The Morgan fingerprint density at radius 3 is 2.25 bits per heavy atom. The molecule has 12 heteroatoms. The summed E-state index contributed by atoms with van der Waals surface area (Å²) in [5.74, 6) is -0.689. The van der Waals surface area contributed by atoms with E-state index in [-0.39, 0.29) is 34.0 Å². The maximum absolute atomic E-state index is 12.7. The Labute approximate surface area is 181 Å². The molecule has 0 saturated heterocycles. The minimum absolute atomic E-state index is 0.0133. The van der Waals surface area contributed by atoms with Gasteiger partial charge in [0.25, 0.3) is 5.91 Å². The highest BCUT2D eigenvalue weighted by Crippen LogP contribution is 2.32. The number of carbonyl (C=O) groups excluding carboxylic acids is 1. The lowest BCUT2D eigenvalue weighted by molar-refractivity contribution is -0.137. The van der Waals surface area contributed by atoms with Crippen LogP contribution in [0.15, 0.2) is 57.8 Å². The molecule has 1 fully saturated rings. The van der Waals surface area contributed by atoms with E-state index >= 15 is 0 Å². The summed E-state index contributed by atoms with van der Waals surface area (Å²) in [4.78, 5) is 12.5. The van der Waals surface area contributed by atoms with Crippen molar-refractivity contribution in [1.82, 2.24) is 14.5 Å². The van der Waals surface area contributed by atoms with Crippen molar-refractivity contribution in [1.29, 1.82) is 0 Å². The standard InChI is InChI=1S/C20H17F3N4O4S/c1-27(15-8-9-15)32(29,30)16-10-4-12(5-11-16)17(28)24-19-26-25-18(31-19)13-2-6-14(7-3-13)20(21,22)23/h2-7,10-11,15H,8-9H2,1H3,(H,24,26,28). The number of alkyl halides is 3. The molecular formula is C20H17F3N4O4S. The first kappa shape index (κ1) is 22.0. The van der Waals surface area contributed by atoms with Crippen LogP contribution in [0.3, 0.4) is 0 Å². The molecule has 0 aliphatic heterocycles. The normalized spacial score (nSPS) is 14.5. The second-order valence-electron chi connectivity index (χ2n) is 7.22. The summed E-state index contributed by atoms with van der Waals surface area (Å²) in [6, 6.07) is 9.28. The molecule has 0 bridgehead atoms. The summed E-state index contributed by atoms with van der Waals surface area (Å²) in [6.07, 6.45) is -2.81. The molecule has 1 N–H and O–H groups in total. The van der Waals surface area contributed by atoms with Crippen LogP contribution in [0.4, 0.5) is 19.2 Å². The molecule has 8 nitrogen and oxygen atoms in total. The van der Waals surface area contributed by atoms with Crippen molar-refractivity contribution in [2.24, 2.45) is 0 Å². The number of nitrogens with zero attached hydrogens (tertiary/aromatic N) is 3. The van der Waals surface area contributed by atoms with Crippen LogP contribution in [0.25, 0.3) is 11.5 Å². The van der Waals surface area contributed by atoms with E-state index in [1.54, 1.807) is 0 Å². The number of anilines is 1. The predicted octanol–water partition coefficient (Wildman–Crippen LogP) is 3.79. The number of aromatic nitrogens is 2. The summed E-state index contributed by atoms with van der Waals surface area (Å²) >= 11 is 0. The van der Waals surface area contributed by atoms with Crippen LogP contribution in [-0.4, -0.2) is 41.9 Å². The first-order chi connectivity index (χ1) is 15.1. The zero-order chi connectivity index (χ0) is 23.1. The molecule has 1 aliphatic rings. The third kappa shape index (κ3) is 4.50. The SMILES string of the molecule is CN(C1CC1)S(=O)(=O)c1ccc(C(=O)Nc2nnc(-c3ccc(C(F)(F)F)cc3)o2)cc1. The molecule has 2 aromatic carbocycles. The summed E-state index contributed by atoms with van der Waals surface area (Å²) < 4.78 is 69.7. The maximum atomic E-state index is 12.7. The second-order valence-corrected chi connectivity index (χ2v) is 9.22. The average molecular weight is 466 g/mol. The summed E-state index contributed by atoms with van der Waals surface area (Å²) in [5.41, 5.74) is -0.407. The smallest absolute Gasteiger partial charge is 0.403 e. The van der Waals surface area contributed by atoms with Crippen molar-refractivity contribution in [3.63, 3.8) is 0 Å². The van der Waals surface area contributed by atoms with Crippen LogP contribution < -0.4 is 5.32 Å². The van der Waals surface area contributed by atoms with Gasteiger partial charge in [-0.2, -0.15) is 17.5 Å².